The van der Waals surface area contributed by atoms with Crippen LogP contribution in [0.15, 0.2) is 45.9 Å². The highest BCUT2D eigenvalue weighted by Gasteiger charge is 2.22. The van der Waals surface area contributed by atoms with E-state index in [1.165, 1.54) is 0 Å². The first kappa shape index (κ1) is 18.9. The number of hydrogen-bond acceptors (Lipinski definition) is 4. The first-order chi connectivity index (χ1) is 12.6. The third-order valence-electron chi connectivity index (χ3n) is 4.47. The van der Waals surface area contributed by atoms with Crippen molar-refractivity contribution >= 4 is 39.7 Å². The van der Waals surface area contributed by atoms with Gasteiger partial charge in [-0.15, -0.1) is 0 Å². The van der Waals surface area contributed by atoms with Crippen molar-refractivity contribution in [2.75, 3.05) is 26.7 Å². The summed E-state index contributed by atoms with van der Waals surface area (Å²) in [7, 11) is 1.68. The minimum atomic E-state index is 0.351. The normalized spacial score (nSPS) is 13.7. The Balaban J connectivity index is 1.89. The Labute approximate surface area is 167 Å². The van der Waals surface area contributed by atoms with E-state index in [0.29, 0.717) is 13.1 Å². The second kappa shape index (κ2) is 8.69. The number of ether oxygens (including phenoxy) is 1. The molecule has 26 heavy (non-hydrogen) atoms. The van der Waals surface area contributed by atoms with Crippen molar-refractivity contribution in [3.8, 4) is 5.75 Å². The molecule has 4 nitrogen and oxygen atoms in total. The summed E-state index contributed by atoms with van der Waals surface area (Å²) in [6.45, 7) is 1.82. The maximum atomic E-state index is 11.0. The molecule has 0 spiro atoms. The van der Waals surface area contributed by atoms with E-state index in [1.807, 2.05) is 35.2 Å². The fourth-order valence-corrected chi connectivity index (χ4v) is 3.91. The topological polar surface area (TPSA) is 41.9 Å². The number of carbonyl (C=O) groups excluding carboxylic acids is 1. The molecule has 0 amide bonds. The number of hydrogen-bond donors (Lipinski definition) is 0. The molecule has 1 aliphatic heterocycles. The van der Waals surface area contributed by atoms with Gasteiger partial charge in [-0.2, -0.15) is 0 Å². The minimum absolute atomic E-state index is 0.351. The summed E-state index contributed by atoms with van der Waals surface area (Å²) >= 11 is 10.0. The largest absolute Gasteiger partial charge is 0.496 e. The zero-order chi connectivity index (χ0) is 18.5. The summed E-state index contributed by atoms with van der Waals surface area (Å²) in [4.78, 5) is 17.6. The second-order valence-corrected chi connectivity index (χ2v) is 7.36. The summed E-state index contributed by atoms with van der Waals surface area (Å²) < 4.78 is 6.49. The van der Waals surface area contributed by atoms with Gasteiger partial charge in [0.15, 0.2) is 0 Å². The SMILES string of the molecule is COc1ccc(Br)cc1CCc1c(Cl)cccc1C1=NCCN1CC=O. The summed E-state index contributed by atoms with van der Waals surface area (Å²) in [6.07, 6.45) is 2.47. The predicted molar refractivity (Wildman–Crippen MR) is 109 cm³/mol. The lowest BCUT2D eigenvalue weighted by atomic mass is 9.98. The summed E-state index contributed by atoms with van der Waals surface area (Å²) in [5, 5.41) is 0.720. The molecule has 0 saturated heterocycles. The smallest absolute Gasteiger partial charge is 0.139 e. The number of carbonyl (C=O) groups is 1. The Hall–Kier alpha value is -1.85. The Kier molecular flexibility index (Phi) is 6.33. The molecule has 0 atom stereocenters. The Morgan fingerprint density at radius 3 is 2.92 bits per heavy atom. The molecular weight excluding hydrogens is 416 g/mol. The van der Waals surface area contributed by atoms with Crippen LogP contribution in [0.3, 0.4) is 0 Å². The van der Waals surface area contributed by atoms with E-state index >= 15 is 0 Å². The number of nitrogens with zero attached hydrogens (tertiary/aromatic N) is 2. The maximum Gasteiger partial charge on any atom is 0.139 e. The second-order valence-electron chi connectivity index (χ2n) is 6.04. The monoisotopic (exact) mass is 434 g/mol. The Morgan fingerprint density at radius 1 is 1.31 bits per heavy atom. The number of halogens is 2. The molecule has 2 aromatic carbocycles. The molecule has 0 aromatic heterocycles. The molecule has 0 fully saturated rings. The lowest BCUT2D eigenvalue weighted by molar-refractivity contribution is -0.108. The van der Waals surface area contributed by atoms with Crippen molar-refractivity contribution in [2.45, 2.75) is 12.8 Å². The van der Waals surface area contributed by atoms with E-state index in [9.17, 15) is 4.79 Å². The maximum absolute atomic E-state index is 11.0. The van der Waals surface area contributed by atoms with E-state index in [2.05, 4.69) is 27.0 Å². The molecule has 6 heteroatoms. The molecule has 0 radical (unpaired) electrons. The van der Waals surface area contributed by atoms with Gasteiger partial charge < -0.3 is 14.4 Å². The molecule has 0 aliphatic carbocycles. The van der Waals surface area contributed by atoms with Crippen LogP contribution >= 0.6 is 27.5 Å². The van der Waals surface area contributed by atoms with Crippen LogP contribution in [0.5, 0.6) is 5.75 Å². The highest BCUT2D eigenvalue weighted by Crippen LogP contribution is 2.28. The number of benzene rings is 2. The number of aliphatic imine (C=N–C) groups is 1. The van der Waals surface area contributed by atoms with E-state index in [1.54, 1.807) is 7.11 Å². The van der Waals surface area contributed by atoms with Gasteiger partial charge in [0.25, 0.3) is 0 Å². The van der Waals surface area contributed by atoms with Gasteiger partial charge >= 0.3 is 0 Å². The fraction of sp³-hybridized carbons (Fsp3) is 0.300. The minimum Gasteiger partial charge on any atom is -0.496 e. The van der Waals surface area contributed by atoms with Crippen molar-refractivity contribution in [3.63, 3.8) is 0 Å². The third kappa shape index (κ3) is 4.10. The number of aldehydes is 1. The molecular formula is C20H20BrClN2O2. The summed E-state index contributed by atoms with van der Waals surface area (Å²) in [6, 6.07) is 11.9. The highest BCUT2D eigenvalue weighted by molar-refractivity contribution is 9.10. The zero-order valence-electron chi connectivity index (χ0n) is 14.5. The lowest BCUT2D eigenvalue weighted by Gasteiger charge is -2.20. The fourth-order valence-electron chi connectivity index (χ4n) is 3.23. The van der Waals surface area contributed by atoms with Gasteiger partial charge in [-0.3, -0.25) is 4.99 Å². The number of aryl methyl sites for hydroxylation is 1. The van der Waals surface area contributed by atoms with Crippen molar-refractivity contribution in [1.29, 1.82) is 0 Å². The van der Waals surface area contributed by atoms with Crippen molar-refractivity contribution in [1.82, 2.24) is 4.90 Å². The van der Waals surface area contributed by atoms with Crippen molar-refractivity contribution in [2.24, 2.45) is 4.99 Å². The van der Waals surface area contributed by atoms with E-state index < -0.39 is 0 Å². The molecule has 3 rings (SSSR count). The van der Waals surface area contributed by atoms with Gasteiger partial charge in [-0.05, 0) is 48.2 Å². The van der Waals surface area contributed by atoms with Gasteiger partial charge in [0.1, 0.15) is 17.9 Å². The Morgan fingerprint density at radius 2 is 2.15 bits per heavy atom. The summed E-state index contributed by atoms with van der Waals surface area (Å²) in [5.41, 5.74) is 3.17. The lowest BCUT2D eigenvalue weighted by Crippen LogP contribution is -2.31. The van der Waals surface area contributed by atoms with Crippen LogP contribution in [0.1, 0.15) is 16.7 Å². The van der Waals surface area contributed by atoms with E-state index in [4.69, 9.17) is 16.3 Å². The van der Waals surface area contributed by atoms with Gasteiger partial charge in [-0.1, -0.05) is 39.7 Å². The molecule has 2 aromatic rings. The molecule has 1 aliphatic rings. The van der Waals surface area contributed by atoms with Crippen LogP contribution in [0.2, 0.25) is 5.02 Å². The first-order valence-electron chi connectivity index (χ1n) is 8.47. The molecule has 136 valence electrons. The standard InChI is InChI=1S/C20H20BrClN2O2/c1-26-19-8-6-15(21)13-14(19)5-7-16-17(3-2-4-18(16)22)20-23-9-10-24(20)11-12-25/h2-4,6,8,12-13H,5,7,9-11H2,1H3. The number of methoxy groups -OCH3 is 1. The molecule has 1 heterocycles. The van der Waals surface area contributed by atoms with Gasteiger partial charge in [0, 0.05) is 21.6 Å². The number of rotatable bonds is 7. The van der Waals surface area contributed by atoms with Gasteiger partial charge in [0.05, 0.1) is 20.2 Å². The molecule has 0 N–H and O–H groups in total. The quantitative estimate of drug-likeness (QED) is 0.613. The van der Waals surface area contributed by atoms with E-state index in [-0.39, 0.29) is 0 Å². The van der Waals surface area contributed by atoms with Gasteiger partial charge in [0.2, 0.25) is 0 Å². The molecule has 0 saturated carbocycles. The van der Waals surface area contributed by atoms with Crippen LogP contribution in [0.4, 0.5) is 0 Å². The van der Waals surface area contributed by atoms with Crippen molar-refractivity contribution < 1.29 is 9.53 Å². The number of amidine groups is 1. The average molecular weight is 436 g/mol. The van der Waals surface area contributed by atoms with Gasteiger partial charge in [-0.25, -0.2) is 0 Å². The predicted octanol–water partition coefficient (Wildman–Crippen LogP) is 4.16. The third-order valence-corrected chi connectivity index (χ3v) is 5.32. The average Bonchev–Trinajstić information content (AvgIpc) is 3.09. The van der Waals surface area contributed by atoms with Crippen LogP contribution in [0, 0.1) is 0 Å². The zero-order valence-corrected chi connectivity index (χ0v) is 16.9. The van der Waals surface area contributed by atoms with Crippen LogP contribution in [-0.2, 0) is 17.6 Å². The first-order valence-corrected chi connectivity index (χ1v) is 9.64. The Bertz CT molecular complexity index is 839. The van der Waals surface area contributed by atoms with Crippen LogP contribution in [-0.4, -0.2) is 43.8 Å². The van der Waals surface area contributed by atoms with Crippen LogP contribution < -0.4 is 4.74 Å². The van der Waals surface area contributed by atoms with E-state index in [0.717, 1.165) is 63.4 Å². The summed E-state index contributed by atoms with van der Waals surface area (Å²) in [5.74, 6) is 1.72. The molecule has 0 bridgehead atoms. The van der Waals surface area contributed by atoms with Crippen LogP contribution in [0.25, 0.3) is 0 Å². The molecule has 0 unspecified atom stereocenters. The highest BCUT2D eigenvalue weighted by atomic mass is 79.9. The van der Waals surface area contributed by atoms with Crippen molar-refractivity contribution in [3.05, 3.63) is 62.6 Å².